The van der Waals surface area contributed by atoms with E-state index >= 15 is 0 Å². The van der Waals surface area contributed by atoms with E-state index in [1.165, 1.54) is 22.4 Å². The number of nitrogens with zero attached hydrogens (tertiary/aromatic N) is 2. The van der Waals surface area contributed by atoms with Crippen molar-refractivity contribution in [3.8, 4) is 11.3 Å². The lowest BCUT2D eigenvalue weighted by Crippen LogP contribution is -2.16. The van der Waals surface area contributed by atoms with Gasteiger partial charge in [-0.2, -0.15) is 0 Å². The number of hydrogen-bond acceptors (Lipinski definition) is 2. The average molecular weight is 356 g/mol. The maximum atomic E-state index is 4.88. The molecule has 3 aromatic carbocycles. The van der Waals surface area contributed by atoms with Gasteiger partial charge in [-0.05, 0) is 30.2 Å². The van der Waals surface area contributed by atoms with Gasteiger partial charge in [0.1, 0.15) is 0 Å². The molecule has 1 heterocycles. The average Bonchev–Trinajstić information content (AvgIpc) is 3.06. The molecule has 0 radical (unpaired) electrons. The predicted octanol–water partition coefficient (Wildman–Crippen LogP) is 5.81. The number of rotatable bonds is 4. The fraction of sp³-hybridized carbons (Fsp3) is 0.0870. The zero-order valence-electron chi connectivity index (χ0n) is 14.7. The van der Waals surface area contributed by atoms with E-state index in [0.717, 1.165) is 17.0 Å². The van der Waals surface area contributed by atoms with Gasteiger partial charge >= 0.3 is 0 Å². The molecule has 0 aliphatic heterocycles. The van der Waals surface area contributed by atoms with Gasteiger partial charge in [0.15, 0.2) is 4.80 Å². The second-order valence-electron chi connectivity index (χ2n) is 6.29. The second kappa shape index (κ2) is 7.54. The van der Waals surface area contributed by atoms with E-state index in [1.807, 2.05) is 30.3 Å². The highest BCUT2D eigenvalue weighted by Crippen LogP contribution is 2.22. The topological polar surface area (TPSA) is 17.3 Å². The molecule has 0 saturated carbocycles. The summed E-state index contributed by atoms with van der Waals surface area (Å²) in [5.74, 6) is 0. The molecule has 4 aromatic rings. The van der Waals surface area contributed by atoms with Gasteiger partial charge in [-0.3, -0.25) is 0 Å². The van der Waals surface area contributed by atoms with Gasteiger partial charge in [0.05, 0.1) is 17.9 Å². The molecule has 0 aliphatic carbocycles. The van der Waals surface area contributed by atoms with Crippen molar-refractivity contribution in [1.82, 2.24) is 4.57 Å². The van der Waals surface area contributed by atoms with Crippen LogP contribution in [-0.4, -0.2) is 4.57 Å². The first kappa shape index (κ1) is 16.6. The number of thiazole rings is 1. The summed E-state index contributed by atoms with van der Waals surface area (Å²) in [6, 6.07) is 29.4. The van der Waals surface area contributed by atoms with Crippen LogP contribution in [0.15, 0.2) is 95.3 Å². The minimum atomic E-state index is 0.805. The van der Waals surface area contributed by atoms with Crippen molar-refractivity contribution in [2.24, 2.45) is 4.99 Å². The van der Waals surface area contributed by atoms with E-state index in [4.69, 9.17) is 4.99 Å². The molecule has 2 nitrogen and oxygen atoms in total. The molecule has 0 fully saturated rings. The summed E-state index contributed by atoms with van der Waals surface area (Å²) in [6.07, 6.45) is 0. The lowest BCUT2D eigenvalue weighted by atomic mass is 10.1. The predicted molar refractivity (Wildman–Crippen MR) is 110 cm³/mol. The van der Waals surface area contributed by atoms with Gasteiger partial charge < -0.3 is 4.57 Å². The largest absolute Gasteiger partial charge is 0.312 e. The molecule has 0 saturated heterocycles. The first-order chi connectivity index (χ1) is 12.8. The maximum Gasteiger partial charge on any atom is 0.190 e. The summed E-state index contributed by atoms with van der Waals surface area (Å²) >= 11 is 1.69. The molecule has 0 bridgehead atoms. The van der Waals surface area contributed by atoms with E-state index in [2.05, 4.69) is 71.5 Å². The Labute approximate surface area is 157 Å². The molecule has 0 aliphatic rings. The third-order valence-electron chi connectivity index (χ3n) is 4.31. The monoisotopic (exact) mass is 356 g/mol. The van der Waals surface area contributed by atoms with Crippen molar-refractivity contribution in [2.75, 3.05) is 0 Å². The van der Waals surface area contributed by atoms with Crippen molar-refractivity contribution in [3.05, 3.63) is 106 Å². The minimum absolute atomic E-state index is 0.805. The first-order valence-electron chi connectivity index (χ1n) is 8.69. The molecule has 3 heteroatoms. The summed E-state index contributed by atoms with van der Waals surface area (Å²) in [5, 5.41) is 2.20. The number of aromatic nitrogens is 1. The zero-order valence-corrected chi connectivity index (χ0v) is 15.5. The highest BCUT2D eigenvalue weighted by Gasteiger charge is 2.09. The number of benzene rings is 3. The van der Waals surface area contributed by atoms with E-state index in [0.29, 0.717) is 0 Å². The van der Waals surface area contributed by atoms with E-state index in [9.17, 15) is 0 Å². The molecule has 0 spiro atoms. The van der Waals surface area contributed by atoms with Crippen molar-refractivity contribution in [1.29, 1.82) is 0 Å². The maximum absolute atomic E-state index is 4.88. The Hall–Kier alpha value is -2.91. The Morgan fingerprint density at radius 1 is 0.808 bits per heavy atom. The molecule has 4 rings (SSSR count). The lowest BCUT2D eigenvalue weighted by Gasteiger charge is -2.10. The van der Waals surface area contributed by atoms with Crippen LogP contribution in [0.5, 0.6) is 0 Å². The number of hydrogen-bond donors (Lipinski definition) is 0. The van der Waals surface area contributed by atoms with Crippen LogP contribution >= 0.6 is 11.3 Å². The van der Waals surface area contributed by atoms with Gasteiger partial charge in [0.2, 0.25) is 0 Å². The third kappa shape index (κ3) is 3.68. The van der Waals surface area contributed by atoms with Gasteiger partial charge in [-0.25, -0.2) is 4.99 Å². The van der Waals surface area contributed by atoms with Crippen LogP contribution in [0.4, 0.5) is 5.69 Å². The standard InChI is InChI=1S/C23H20N2S/c1-18-12-14-20(15-13-18)22-17-26-23(24-21-10-6-3-7-11-21)25(22)16-19-8-4-2-5-9-19/h2-15,17H,16H2,1H3. The minimum Gasteiger partial charge on any atom is -0.312 e. The highest BCUT2D eigenvalue weighted by atomic mass is 32.1. The van der Waals surface area contributed by atoms with Crippen LogP contribution in [0.3, 0.4) is 0 Å². The number of aryl methyl sites for hydroxylation is 1. The fourth-order valence-electron chi connectivity index (χ4n) is 2.91. The Morgan fingerprint density at radius 2 is 1.46 bits per heavy atom. The quantitative estimate of drug-likeness (QED) is 0.439. The van der Waals surface area contributed by atoms with Crippen LogP contribution < -0.4 is 4.80 Å². The SMILES string of the molecule is Cc1ccc(-c2csc(=Nc3ccccc3)n2Cc2ccccc2)cc1. The van der Waals surface area contributed by atoms with Crippen molar-refractivity contribution in [2.45, 2.75) is 13.5 Å². The van der Waals surface area contributed by atoms with Crippen LogP contribution in [0.1, 0.15) is 11.1 Å². The smallest absolute Gasteiger partial charge is 0.190 e. The summed E-state index contributed by atoms with van der Waals surface area (Å²) in [7, 11) is 0. The van der Waals surface area contributed by atoms with Gasteiger partial charge in [-0.1, -0.05) is 78.4 Å². The summed E-state index contributed by atoms with van der Waals surface area (Å²) in [4.78, 5) is 5.89. The lowest BCUT2D eigenvalue weighted by molar-refractivity contribution is 0.778. The highest BCUT2D eigenvalue weighted by molar-refractivity contribution is 7.07. The molecule has 0 amide bonds. The van der Waals surface area contributed by atoms with Crippen molar-refractivity contribution >= 4 is 17.0 Å². The zero-order chi connectivity index (χ0) is 17.8. The molecular weight excluding hydrogens is 336 g/mol. The summed E-state index contributed by atoms with van der Waals surface area (Å²) in [6.45, 7) is 2.92. The van der Waals surface area contributed by atoms with Gasteiger partial charge in [-0.15, -0.1) is 11.3 Å². The normalized spacial score (nSPS) is 11.7. The molecule has 128 valence electrons. The molecule has 0 unspecified atom stereocenters. The Balaban J connectivity index is 1.84. The summed E-state index contributed by atoms with van der Waals surface area (Å²) < 4.78 is 2.30. The molecule has 0 N–H and O–H groups in total. The van der Waals surface area contributed by atoms with Crippen LogP contribution in [0, 0.1) is 6.92 Å². The fourth-order valence-corrected chi connectivity index (χ4v) is 3.83. The van der Waals surface area contributed by atoms with Crippen LogP contribution in [-0.2, 0) is 6.54 Å². The molecule has 0 atom stereocenters. The summed E-state index contributed by atoms with van der Waals surface area (Å²) in [5.41, 5.74) is 5.94. The van der Waals surface area contributed by atoms with Crippen molar-refractivity contribution < 1.29 is 0 Å². The molecular formula is C23H20N2S. The van der Waals surface area contributed by atoms with Gasteiger partial charge in [0, 0.05) is 5.38 Å². The molecule has 1 aromatic heterocycles. The Bertz CT molecular complexity index is 1040. The number of para-hydroxylation sites is 1. The van der Waals surface area contributed by atoms with Gasteiger partial charge in [0.25, 0.3) is 0 Å². The Kier molecular flexibility index (Phi) is 4.80. The van der Waals surface area contributed by atoms with Crippen molar-refractivity contribution in [3.63, 3.8) is 0 Å². The first-order valence-corrected chi connectivity index (χ1v) is 9.57. The second-order valence-corrected chi connectivity index (χ2v) is 7.13. The van der Waals surface area contributed by atoms with Crippen LogP contribution in [0.25, 0.3) is 11.3 Å². The third-order valence-corrected chi connectivity index (χ3v) is 5.17. The molecule has 26 heavy (non-hydrogen) atoms. The van der Waals surface area contributed by atoms with E-state index in [1.54, 1.807) is 11.3 Å². The van der Waals surface area contributed by atoms with Crippen LogP contribution in [0.2, 0.25) is 0 Å². The van der Waals surface area contributed by atoms with E-state index in [-0.39, 0.29) is 0 Å². The Morgan fingerprint density at radius 3 is 2.15 bits per heavy atom. The van der Waals surface area contributed by atoms with E-state index < -0.39 is 0 Å².